The van der Waals surface area contributed by atoms with Gasteiger partial charge < -0.3 is 10.1 Å². The maximum absolute atomic E-state index is 13.1. The van der Waals surface area contributed by atoms with Crippen molar-refractivity contribution >= 4 is 11.3 Å². The molecule has 9 heteroatoms. The highest BCUT2D eigenvalue weighted by molar-refractivity contribution is 7.12. The molecule has 2 aliphatic rings. The monoisotopic (exact) mass is 358 g/mol. The van der Waals surface area contributed by atoms with E-state index in [1.54, 1.807) is 11.7 Å². The Labute approximate surface area is 140 Å². The van der Waals surface area contributed by atoms with Crippen LogP contribution in [-0.2, 0) is 30.0 Å². The van der Waals surface area contributed by atoms with E-state index in [2.05, 4.69) is 15.6 Å². The fourth-order valence-corrected chi connectivity index (χ4v) is 4.84. The van der Waals surface area contributed by atoms with Crippen LogP contribution in [0.1, 0.15) is 39.9 Å². The highest BCUT2D eigenvalue weighted by Crippen LogP contribution is 2.50. The molecule has 0 radical (unpaired) electrons. The summed E-state index contributed by atoms with van der Waals surface area (Å²) in [7, 11) is 1.79. The van der Waals surface area contributed by atoms with Crippen molar-refractivity contribution in [2.24, 2.45) is 7.05 Å². The van der Waals surface area contributed by atoms with Crippen LogP contribution in [0.25, 0.3) is 0 Å². The van der Waals surface area contributed by atoms with Gasteiger partial charge >= 0.3 is 6.18 Å². The summed E-state index contributed by atoms with van der Waals surface area (Å²) >= 11 is 0.831. The van der Waals surface area contributed by atoms with Gasteiger partial charge in [0, 0.05) is 24.5 Å². The van der Waals surface area contributed by atoms with Crippen molar-refractivity contribution in [3.63, 3.8) is 0 Å². The summed E-state index contributed by atoms with van der Waals surface area (Å²) in [6, 6.07) is 1.22. The van der Waals surface area contributed by atoms with Crippen LogP contribution in [-0.4, -0.2) is 28.1 Å². The third-order valence-electron chi connectivity index (χ3n) is 4.68. The van der Waals surface area contributed by atoms with Crippen LogP contribution >= 0.6 is 11.3 Å². The average Bonchev–Trinajstić information content (AvgIpc) is 3.14. The van der Waals surface area contributed by atoms with E-state index in [1.165, 1.54) is 6.07 Å². The number of nitrogens with one attached hydrogen (secondary N) is 1. The van der Waals surface area contributed by atoms with Gasteiger partial charge in [0.25, 0.3) is 0 Å². The number of nitrogens with zero attached hydrogens (tertiary/aromatic N) is 3. The summed E-state index contributed by atoms with van der Waals surface area (Å²) in [5, 5.41) is 11.5. The molecular formula is C15H17F3N4OS. The first-order chi connectivity index (χ1) is 11.4. The summed E-state index contributed by atoms with van der Waals surface area (Å²) < 4.78 is 47.0. The minimum absolute atomic E-state index is 0.0742. The fraction of sp³-hybridized carbons (Fsp3) is 0.600. The van der Waals surface area contributed by atoms with E-state index < -0.39 is 16.7 Å². The number of hydrogen-bond donors (Lipinski definition) is 1. The van der Waals surface area contributed by atoms with Gasteiger partial charge in [-0.2, -0.15) is 13.2 Å². The minimum Gasteiger partial charge on any atom is -0.369 e. The molecular weight excluding hydrogens is 341 g/mol. The normalized spacial score (nSPS) is 27.4. The second-order valence-electron chi connectivity index (χ2n) is 6.33. The van der Waals surface area contributed by atoms with Gasteiger partial charge in [-0.05, 0) is 31.0 Å². The lowest BCUT2D eigenvalue weighted by Crippen LogP contribution is -2.45. The molecule has 24 heavy (non-hydrogen) atoms. The van der Waals surface area contributed by atoms with Gasteiger partial charge in [0.2, 0.25) is 0 Å². The Hall–Kier alpha value is -1.45. The molecule has 1 fully saturated rings. The lowest BCUT2D eigenvalue weighted by atomic mass is 9.82. The van der Waals surface area contributed by atoms with Crippen LogP contribution in [0.5, 0.6) is 0 Å². The molecule has 0 aromatic carbocycles. The van der Waals surface area contributed by atoms with Gasteiger partial charge in [-0.15, -0.1) is 16.4 Å². The molecule has 4 rings (SSSR count). The average molecular weight is 358 g/mol. The molecule has 4 heterocycles. The molecule has 5 nitrogen and oxygen atoms in total. The zero-order chi connectivity index (χ0) is 16.9. The van der Waals surface area contributed by atoms with Crippen LogP contribution in [0, 0.1) is 0 Å². The third kappa shape index (κ3) is 2.64. The molecule has 0 aliphatic carbocycles. The van der Waals surface area contributed by atoms with Crippen LogP contribution in [0.15, 0.2) is 12.3 Å². The lowest BCUT2D eigenvalue weighted by molar-refractivity contribution is -0.134. The first-order valence-corrected chi connectivity index (χ1v) is 8.63. The Morgan fingerprint density at radius 2 is 2.29 bits per heavy atom. The van der Waals surface area contributed by atoms with Gasteiger partial charge in [0.1, 0.15) is 10.5 Å². The van der Waals surface area contributed by atoms with E-state index in [0.717, 1.165) is 27.5 Å². The number of hydrogen-bond acceptors (Lipinski definition) is 5. The maximum Gasteiger partial charge on any atom is 0.425 e. The quantitative estimate of drug-likeness (QED) is 0.852. The molecule has 2 aromatic heterocycles. The van der Waals surface area contributed by atoms with Crippen molar-refractivity contribution in [3.05, 3.63) is 33.3 Å². The van der Waals surface area contributed by atoms with Gasteiger partial charge in [-0.25, -0.2) is 0 Å². The molecule has 2 aromatic rings. The van der Waals surface area contributed by atoms with Gasteiger partial charge in [0.15, 0.2) is 0 Å². The highest BCUT2D eigenvalue weighted by Gasteiger charge is 2.46. The number of alkyl halides is 3. The van der Waals surface area contributed by atoms with Crippen molar-refractivity contribution in [2.75, 3.05) is 13.2 Å². The van der Waals surface area contributed by atoms with Crippen molar-refractivity contribution in [1.82, 2.24) is 20.3 Å². The van der Waals surface area contributed by atoms with Crippen molar-refractivity contribution in [1.29, 1.82) is 0 Å². The number of aromatic nitrogens is 3. The molecule has 130 valence electrons. The molecule has 0 amide bonds. The topological polar surface area (TPSA) is 52.0 Å². The summed E-state index contributed by atoms with van der Waals surface area (Å²) in [4.78, 5) is 0.198. The second-order valence-corrected chi connectivity index (χ2v) is 7.39. The largest absolute Gasteiger partial charge is 0.425 e. The van der Waals surface area contributed by atoms with Crippen molar-refractivity contribution < 1.29 is 17.9 Å². The number of halogens is 3. The number of ether oxygens (including phenoxy) is 1. The Morgan fingerprint density at radius 1 is 1.46 bits per heavy atom. The predicted molar refractivity (Wildman–Crippen MR) is 81.6 cm³/mol. The highest BCUT2D eigenvalue weighted by atomic mass is 32.1. The molecule has 0 bridgehead atoms. The van der Waals surface area contributed by atoms with Crippen molar-refractivity contribution in [2.45, 2.75) is 37.1 Å². The van der Waals surface area contributed by atoms with Gasteiger partial charge in [-0.1, -0.05) is 5.21 Å². The van der Waals surface area contributed by atoms with Crippen LogP contribution in [0.3, 0.4) is 0 Å². The number of fused-ring (bicyclic) bond motifs is 2. The number of aryl methyl sites for hydroxylation is 1. The van der Waals surface area contributed by atoms with E-state index in [-0.39, 0.29) is 6.04 Å². The Kier molecular flexibility index (Phi) is 3.70. The maximum atomic E-state index is 13.1. The van der Waals surface area contributed by atoms with Crippen LogP contribution < -0.4 is 5.32 Å². The van der Waals surface area contributed by atoms with Gasteiger partial charge in [-0.3, -0.25) is 4.68 Å². The molecule has 2 atom stereocenters. The lowest BCUT2D eigenvalue weighted by Gasteiger charge is -2.43. The molecule has 1 saturated heterocycles. The van der Waals surface area contributed by atoms with E-state index in [4.69, 9.17) is 4.74 Å². The SMILES string of the molecule is Cn1cc(C2CC3(CCN2)OCCc2cc(C(F)(F)F)sc23)nn1. The predicted octanol–water partition coefficient (Wildman–Crippen LogP) is 2.79. The smallest absolute Gasteiger partial charge is 0.369 e. The third-order valence-corrected chi connectivity index (χ3v) is 6.09. The zero-order valence-corrected chi connectivity index (χ0v) is 13.9. The number of rotatable bonds is 1. The van der Waals surface area contributed by atoms with E-state index in [1.807, 2.05) is 6.20 Å². The molecule has 2 unspecified atom stereocenters. The van der Waals surface area contributed by atoms with E-state index >= 15 is 0 Å². The fourth-order valence-electron chi connectivity index (χ4n) is 3.59. The summed E-state index contributed by atoms with van der Waals surface area (Å²) in [5.41, 5.74) is 0.910. The first-order valence-electron chi connectivity index (χ1n) is 7.81. The Bertz CT molecular complexity index is 756. The van der Waals surface area contributed by atoms with Crippen LogP contribution in [0.4, 0.5) is 13.2 Å². The second kappa shape index (κ2) is 5.53. The summed E-state index contributed by atoms with van der Waals surface area (Å²) in [6.45, 7) is 1.12. The molecule has 1 N–H and O–H groups in total. The van der Waals surface area contributed by atoms with Crippen LogP contribution in [0.2, 0.25) is 0 Å². The molecule has 2 aliphatic heterocycles. The minimum atomic E-state index is -4.31. The van der Waals surface area contributed by atoms with E-state index in [0.29, 0.717) is 32.4 Å². The number of piperidine rings is 1. The first kappa shape index (κ1) is 16.0. The van der Waals surface area contributed by atoms with Crippen molar-refractivity contribution in [3.8, 4) is 0 Å². The van der Waals surface area contributed by atoms with E-state index in [9.17, 15) is 13.2 Å². The summed E-state index contributed by atoms with van der Waals surface area (Å²) in [6.07, 6.45) is -0.714. The standard InChI is InChI=1S/C15H17F3N4OS/c1-22-8-11(20-21-22)10-7-14(3-4-19-10)13-9(2-5-23-14)6-12(24-13)15(16,17)18/h6,8,10,19H,2-5,7H2,1H3. The Morgan fingerprint density at radius 3 is 3.00 bits per heavy atom. The number of thiophene rings is 1. The molecule has 0 saturated carbocycles. The Balaban J connectivity index is 1.69. The molecule has 1 spiro atoms. The zero-order valence-electron chi connectivity index (χ0n) is 13.1. The van der Waals surface area contributed by atoms with Gasteiger partial charge in [0.05, 0.1) is 18.3 Å². The summed E-state index contributed by atoms with van der Waals surface area (Å²) in [5.74, 6) is 0.